The Kier molecular flexibility index (Phi) is 5.69. The third kappa shape index (κ3) is 4.21. The van der Waals surface area contributed by atoms with E-state index in [0.29, 0.717) is 17.4 Å². The highest BCUT2D eigenvalue weighted by molar-refractivity contribution is 7.22. The van der Waals surface area contributed by atoms with Crippen molar-refractivity contribution < 1.29 is 9.53 Å². The smallest absolute Gasteiger partial charge is 0.253 e. The van der Waals surface area contributed by atoms with Crippen LogP contribution >= 0.6 is 22.7 Å². The minimum Gasteiger partial charge on any atom is -0.494 e. The number of benzene rings is 1. The van der Waals surface area contributed by atoms with E-state index in [1.807, 2.05) is 60.8 Å². The number of amides is 1. The van der Waals surface area contributed by atoms with Gasteiger partial charge in [-0.25, -0.2) is 4.98 Å². The predicted octanol–water partition coefficient (Wildman–Crippen LogP) is 5.32. The number of rotatable bonds is 6. The van der Waals surface area contributed by atoms with Crippen LogP contribution in [-0.4, -0.2) is 23.0 Å². The molecule has 1 aromatic carbocycles. The molecule has 0 aliphatic carbocycles. The molecule has 4 rings (SSSR count). The van der Waals surface area contributed by atoms with Gasteiger partial charge >= 0.3 is 0 Å². The fourth-order valence-corrected chi connectivity index (χ4v) is 4.58. The first-order chi connectivity index (χ1) is 14.2. The molecular weight excluding hydrogens is 402 g/mol. The van der Waals surface area contributed by atoms with Gasteiger partial charge in [-0.05, 0) is 48.2 Å². The molecule has 0 bridgehead atoms. The van der Waals surface area contributed by atoms with Crippen LogP contribution in [0.25, 0.3) is 16.3 Å². The van der Waals surface area contributed by atoms with Gasteiger partial charge in [0.15, 0.2) is 5.13 Å². The fourth-order valence-electron chi connectivity index (χ4n) is 2.90. The molecule has 0 atom stereocenters. The van der Waals surface area contributed by atoms with Crippen molar-refractivity contribution in [1.29, 1.82) is 0 Å². The van der Waals surface area contributed by atoms with Gasteiger partial charge in [0.25, 0.3) is 5.91 Å². The summed E-state index contributed by atoms with van der Waals surface area (Å²) < 4.78 is 6.48. The van der Waals surface area contributed by atoms with Crippen LogP contribution in [0.3, 0.4) is 0 Å². The lowest BCUT2D eigenvalue weighted by Gasteiger charge is -2.17. The van der Waals surface area contributed by atoms with E-state index in [2.05, 4.69) is 4.98 Å². The van der Waals surface area contributed by atoms with Crippen molar-refractivity contribution in [3.8, 4) is 5.75 Å². The Balaban J connectivity index is 1.74. The van der Waals surface area contributed by atoms with Crippen LogP contribution in [0, 0.1) is 6.92 Å². The number of fused-ring (bicyclic) bond motifs is 1. The number of aryl methyl sites for hydroxylation is 1. The Hall–Kier alpha value is -3.03. The zero-order valence-corrected chi connectivity index (χ0v) is 17.7. The molecule has 1 amide bonds. The summed E-state index contributed by atoms with van der Waals surface area (Å²) >= 11 is 3.08. The lowest BCUT2D eigenvalue weighted by atomic mass is 10.2. The molecule has 146 valence electrons. The van der Waals surface area contributed by atoms with E-state index < -0.39 is 0 Å². The first kappa shape index (κ1) is 19.3. The first-order valence-electron chi connectivity index (χ1n) is 9.03. The number of thiophene rings is 1. The van der Waals surface area contributed by atoms with Crippen molar-refractivity contribution in [3.05, 3.63) is 76.3 Å². The first-order valence-corrected chi connectivity index (χ1v) is 10.7. The maximum absolute atomic E-state index is 13.1. The van der Waals surface area contributed by atoms with E-state index in [4.69, 9.17) is 9.72 Å². The van der Waals surface area contributed by atoms with Crippen molar-refractivity contribution in [2.24, 2.45) is 0 Å². The van der Waals surface area contributed by atoms with Gasteiger partial charge in [0.1, 0.15) is 11.3 Å². The summed E-state index contributed by atoms with van der Waals surface area (Å²) in [5.74, 6) is 0.562. The van der Waals surface area contributed by atoms with Crippen LogP contribution in [0.1, 0.15) is 16.1 Å². The summed E-state index contributed by atoms with van der Waals surface area (Å²) in [5, 5.41) is 2.61. The van der Waals surface area contributed by atoms with E-state index >= 15 is 0 Å². The van der Waals surface area contributed by atoms with E-state index in [1.165, 1.54) is 11.3 Å². The average Bonchev–Trinajstić information content (AvgIpc) is 3.42. The van der Waals surface area contributed by atoms with Crippen molar-refractivity contribution in [1.82, 2.24) is 9.97 Å². The SMILES string of the molecule is COc1ccc(C)c2sc(N(Cc3ccccn3)C(=O)C=Cc3cccs3)nc12. The van der Waals surface area contributed by atoms with Crippen molar-refractivity contribution in [2.45, 2.75) is 13.5 Å². The topological polar surface area (TPSA) is 55.3 Å². The summed E-state index contributed by atoms with van der Waals surface area (Å²) in [6, 6.07) is 13.5. The van der Waals surface area contributed by atoms with Gasteiger partial charge in [-0.3, -0.25) is 14.7 Å². The van der Waals surface area contributed by atoms with Crippen molar-refractivity contribution in [2.75, 3.05) is 12.0 Å². The number of hydrogen-bond donors (Lipinski definition) is 0. The van der Waals surface area contributed by atoms with Crippen LogP contribution < -0.4 is 9.64 Å². The normalized spacial score (nSPS) is 11.2. The fraction of sp³-hybridized carbons (Fsp3) is 0.136. The quantitative estimate of drug-likeness (QED) is 0.396. The lowest BCUT2D eigenvalue weighted by Crippen LogP contribution is -2.29. The largest absolute Gasteiger partial charge is 0.494 e. The van der Waals surface area contributed by atoms with E-state index in [0.717, 1.165) is 26.4 Å². The number of carbonyl (C=O) groups is 1. The Morgan fingerprint density at radius 2 is 2.10 bits per heavy atom. The van der Waals surface area contributed by atoms with Crippen LogP contribution in [0.5, 0.6) is 5.75 Å². The van der Waals surface area contributed by atoms with Crippen molar-refractivity contribution in [3.63, 3.8) is 0 Å². The third-order valence-corrected chi connectivity index (χ3v) is 6.44. The maximum Gasteiger partial charge on any atom is 0.253 e. The number of thiazole rings is 1. The van der Waals surface area contributed by atoms with Crippen molar-refractivity contribution >= 4 is 50.0 Å². The highest BCUT2D eigenvalue weighted by Gasteiger charge is 2.21. The van der Waals surface area contributed by atoms with Gasteiger partial charge in [0.2, 0.25) is 0 Å². The Morgan fingerprint density at radius 3 is 2.83 bits per heavy atom. The Bertz CT molecular complexity index is 1150. The van der Waals surface area contributed by atoms with E-state index in [1.54, 1.807) is 35.6 Å². The molecular formula is C22H19N3O2S2. The highest BCUT2D eigenvalue weighted by atomic mass is 32.1. The zero-order chi connectivity index (χ0) is 20.2. The van der Waals surface area contributed by atoms with E-state index in [9.17, 15) is 4.79 Å². The molecule has 3 aromatic heterocycles. The molecule has 7 heteroatoms. The van der Waals surface area contributed by atoms with Crippen LogP contribution in [0.2, 0.25) is 0 Å². The number of pyridine rings is 1. The maximum atomic E-state index is 13.1. The number of ether oxygens (including phenoxy) is 1. The monoisotopic (exact) mass is 421 g/mol. The zero-order valence-electron chi connectivity index (χ0n) is 16.0. The number of aromatic nitrogens is 2. The molecule has 0 aliphatic rings. The third-order valence-electron chi connectivity index (χ3n) is 4.39. The van der Waals surface area contributed by atoms with Gasteiger partial charge in [0.05, 0.1) is 24.0 Å². The second-order valence-corrected chi connectivity index (χ2v) is 8.31. The van der Waals surface area contributed by atoms with Gasteiger partial charge in [0, 0.05) is 17.2 Å². The molecule has 0 N–H and O–H groups in total. The van der Waals surface area contributed by atoms with Gasteiger partial charge < -0.3 is 4.74 Å². The molecule has 0 unspecified atom stereocenters. The molecule has 5 nitrogen and oxygen atoms in total. The molecule has 29 heavy (non-hydrogen) atoms. The highest BCUT2D eigenvalue weighted by Crippen LogP contribution is 2.37. The van der Waals surface area contributed by atoms with E-state index in [-0.39, 0.29) is 5.91 Å². The predicted molar refractivity (Wildman–Crippen MR) is 120 cm³/mol. The van der Waals surface area contributed by atoms with Gasteiger partial charge in [-0.2, -0.15) is 0 Å². The molecule has 3 heterocycles. The summed E-state index contributed by atoms with van der Waals surface area (Å²) in [7, 11) is 1.63. The molecule has 0 saturated heterocycles. The summed E-state index contributed by atoms with van der Waals surface area (Å²) in [4.78, 5) is 24.9. The Morgan fingerprint density at radius 1 is 1.21 bits per heavy atom. The lowest BCUT2D eigenvalue weighted by molar-refractivity contribution is -0.114. The summed E-state index contributed by atoms with van der Waals surface area (Å²) in [5.41, 5.74) is 2.67. The minimum atomic E-state index is -0.139. The molecule has 0 spiro atoms. The number of nitrogens with zero attached hydrogens (tertiary/aromatic N) is 3. The molecule has 0 saturated carbocycles. The average molecular weight is 422 g/mol. The minimum absolute atomic E-state index is 0.139. The summed E-state index contributed by atoms with van der Waals surface area (Å²) in [6.07, 6.45) is 5.15. The molecule has 4 aromatic rings. The van der Waals surface area contributed by atoms with Gasteiger partial charge in [-0.15, -0.1) is 11.3 Å². The number of hydrogen-bond acceptors (Lipinski definition) is 6. The Labute approximate surface area is 176 Å². The van der Waals surface area contributed by atoms with Crippen LogP contribution in [0.15, 0.2) is 60.1 Å². The number of anilines is 1. The van der Waals surface area contributed by atoms with Crippen LogP contribution in [0.4, 0.5) is 5.13 Å². The number of methoxy groups -OCH3 is 1. The molecule has 0 aliphatic heterocycles. The second-order valence-electron chi connectivity index (χ2n) is 6.35. The van der Waals surface area contributed by atoms with Gasteiger partial charge in [-0.1, -0.05) is 29.5 Å². The standard InChI is InChI=1S/C22H19N3O2S2/c1-15-8-10-18(27-2)20-21(15)29-22(24-20)25(14-16-6-3-4-12-23-16)19(26)11-9-17-7-5-13-28-17/h3-13H,14H2,1-2H3. The van der Waals surface area contributed by atoms with Crippen LogP contribution in [-0.2, 0) is 11.3 Å². The summed E-state index contributed by atoms with van der Waals surface area (Å²) in [6.45, 7) is 2.38. The number of carbonyl (C=O) groups excluding carboxylic acids is 1. The second kappa shape index (κ2) is 8.55. The molecule has 0 radical (unpaired) electrons. The molecule has 0 fully saturated rings.